The number of hydrogen-bond donors (Lipinski definition) is 1. The number of aryl methyl sites for hydroxylation is 1. The van der Waals surface area contributed by atoms with Crippen molar-refractivity contribution in [3.8, 4) is 0 Å². The van der Waals surface area contributed by atoms with Gasteiger partial charge in [0.1, 0.15) is 10.8 Å². The molecule has 148 valence electrons. The van der Waals surface area contributed by atoms with Crippen molar-refractivity contribution in [1.82, 2.24) is 24.6 Å². The Labute approximate surface area is 159 Å². The zero-order valence-corrected chi connectivity index (χ0v) is 15.6. The number of rotatable bonds is 6. The molecule has 1 saturated heterocycles. The quantitative estimate of drug-likeness (QED) is 0.799. The van der Waals surface area contributed by atoms with Crippen LogP contribution in [0.4, 0.5) is 30.6 Å². The molecule has 0 aliphatic carbocycles. The van der Waals surface area contributed by atoms with Crippen molar-refractivity contribution in [1.29, 1.82) is 0 Å². The first-order valence-corrected chi connectivity index (χ1v) is 8.96. The molecule has 2 aromatic heterocycles. The molecule has 2 aromatic rings. The highest BCUT2D eigenvalue weighted by Crippen LogP contribution is 2.29. The van der Waals surface area contributed by atoms with E-state index in [9.17, 15) is 13.2 Å². The van der Waals surface area contributed by atoms with E-state index in [0.717, 1.165) is 18.5 Å². The molecule has 0 bridgehead atoms. The van der Waals surface area contributed by atoms with E-state index in [1.54, 1.807) is 24.1 Å². The minimum atomic E-state index is -4.16. The van der Waals surface area contributed by atoms with E-state index in [4.69, 9.17) is 17.3 Å². The summed E-state index contributed by atoms with van der Waals surface area (Å²) in [6.45, 7) is 1.06. The fourth-order valence-corrected chi connectivity index (χ4v) is 3.32. The van der Waals surface area contributed by atoms with Gasteiger partial charge in [0, 0.05) is 32.4 Å². The first-order valence-electron chi connectivity index (χ1n) is 8.58. The highest BCUT2D eigenvalue weighted by Gasteiger charge is 2.33. The van der Waals surface area contributed by atoms with Gasteiger partial charge in [-0.05, 0) is 19.4 Å². The molecular weight excluding hydrogens is 383 g/mol. The number of hydrogen-bond acceptors (Lipinski definition) is 6. The van der Waals surface area contributed by atoms with Gasteiger partial charge in [0.2, 0.25) is 5.95 Å². The van der Waals surface area contributed by atoms with E-state index in [-0.39, 0.29) is 23.4 Å². The predicted octanol–water partition coefficient (Wildman–Crippen LogP) is 3.00. The zero-order chi connectivity index (χ0) is 19.6. The third-order valence-corrected chi connectivity index (χ3v) is 4.87. The van der Waals surface area contributed by atoms with Crippen LogP contribution in [0.15, 0.2) is 18.6 Å². The maximum atomic E-state index is 12.6. The maximum Gasteiger partial charge on any atom is 0.390 e. The van der Waals surface area contributed by atoms with E-state index < -0.39 is 12.6 Å². The third-order valence-electron chi connectivity index (χ3n) is 4.58. The van der Waals surface area contributed by atoms with Gasteiger partial charge in [-0.25, -0.2) is 4.98 Å². The van der Waals surface area contributed by atoms with Crippen molar-refractivity contribution >= 4 is 29.1 Å². The Morgan fingerprint density at radius 2 is 2.15 bits per heavy atom. The lowest BCUT2D eigenvalue weighted by molar-refractivity contribution is -0.138. The smallest absolute Gasteiger partial charge is 0.382 e. The highest BCUT2D eigenvalue weighted by molar-refractivity contribution is 6.32. The Kier molecular flexibility index (Phi) is 5.75. The Balaban J connectivity index is 1.81. The first kappa shape index (κ1) is 19.7. The number of anilines is 3. The summed E-state index contributed by atoms with van der Waals surface area (Å²) in [6, 6.07) is -0.0481. The number of nitrogen functional groups attached to an aromatic ring is 1. The summed E-state index contributed by atoms with van der Waals surface area (Å²) < 4.78 is 39.5. The van der Waals surface area contributed by atoms with E-state index in [2.05, 4.69) is 15.1 Å². The highest BCUT2D eigenvalue weighted by atomic mass is 35.5. The Morgan fingerprint density at radius 3 is 2.78 bits per heavy atom. The van der Waals surface area contributed by atoms with Crippen LogP contribution in [-0.2, 0) is 7.05 Å². The number of nitrogens with zero attached hydrogens (tertiary/aromatic N) is 6. The summed E-state index contributed by atoms with van der Waals surface area (Å²) in [5, 5.41) is 4.41. The Bertz CT molecular complexity index is 780. The Morgan fingerprint density at radius 1 is 1.37 bits per heavy atom. The summed E-state index contributed by atoms with van der Waals surface area (Å²) in [6.07, 6.45) is 1.54. The lowest BCUT2D eigenvalue weighted by atomic mass is 10.2. The minimum absolute atomic E-state index is 0.0152. The van der Waals surface area contributed by atoms with Gasteiger partial charge in [-0.1, -0.05) is 11.6 Å². The second-order valence-corrected chi connectivity index (χ2v) is 6.99. The summed E-state index contributed by atoms with van der Waals surface area (Å²) in [4.78, 5) is 12.2. The van der Waals surface area contributed by atoms with Gasteiger partial charge in [-0.3, -0.25) is 9.58 Å². The second kappa shape index (κ2) is 7.89. The standard InChI is InChI=1S/C16H21ClF3N7/c1-25-9-12(7-23-25)27(15-22-8-13(17)14(21)24-15)10-11-3-2-5-26(11)6-4-16(18,19)20/h7-9,11H,2-6,10H2,1H3,(H2,21,22,24)/t11-/m1/s1. The molecule has 1 fully saturated rings. The van der Waals surface area contributed by atoms with Crippen LogP contribution in [0.5, 0.6) is 0 Å². The van der Waals surface area contributed by atoms with Crippen LogP contribution in [0.2, 0.25) is 5.02 Å². The molecule has 3 heterocycles. The molecule has 0 amide bonds. The zero-order valence-electron chi connectivity index (χ0n) is 14.8. The lowest BCUT2D eigenvalue weighted by Crippen LogP contribution is -2.40. The van der Waals surface area contributed by atoms with Crippen LogP contribution in [-0.4, -0.2) is 56.5 Å². The van der Waals surface area contributed by atoms with Gasteiger partial charge in [0.15, 0.2) is 0 Å². The number of halogens is 4. The fraction of sp³-hybridized carbons (Fsp3) is 0.562. The monoisotopic (exact) mass is 403 g/mol. The molecule has 11 heteroatoms. The van der Waals surface area contributed by atoms with Crippen molar-refractivity contribution in [3.63, 3.8) is 0 Å². The second-order valence-electron chi connectivity index (χ2n) is 6.58. The van der Waals surface area contributed by atoms with Crippen LogP contribution in [0.1, 0.15) is 19.3 Å². The minimum Gasteiger partial charge on any atom is -0.382 e. The van der Waals surface area contributed by atoms with Crippen LogP contribution >= 0.6 is 11.6 Å². The van der Waals surface area contributed by atoms with Gasteiger partial charge in [-0.2, -0.15) is 23.3 Å². The lowest BCUT2D eigenvalue weighted by Gasteiger charge is -2.30. The maximum absolute atomic E-state index is 12.6. The molecule has 2 N–H and O–H groups in total. The van der Waals surface area contributed by atoms with Gasteiger partial charge >= 0.3 is 6.18 Å². The largest absolute Gasteiger partial charge is 0.390 e. The predicted molar refractivity (Wildman–Crippen MR) is 96.9 cm³/mol. The van der Waals surface area contributed by atoms with Crippen LogP contribution in [0, 0.1) is 0 Å². The molecule has 3 rings (SSSR count). The summed E-state index contributed by atoms with van der Waals surface area (Å²) in [7, 11) is 1.78. The van der Waals surface area contributed by atoms with E-state index >= 15 is 0 Å². The average molecular weight is 404 g/mol. The molecular formula is C16H21ClF3N7. The van der Waals surface area contributed by atoms with Crippen LogP contribution < -0.4 is 10.6 Å². The molecule has 0 unspecified atom stereocenters. The van der Waals surface area contributed by atoms with E-state index in [1.807, 2.05) is 9.80 Å². The molecule has 0 aromatic carbocycles. The fourth-order valence-electron chi connectivity index (χ4n) is 3.23. The topological polar surface area (TPSA) is 76.1 Å². The molecule has 0 saturated carbocycles. The summed E-state index contributed by atoms with van der Waals surface area (Å²) >= 11 is 5.91. The van der Waals surface area contributed by atoms with Crippen molar-refractivity contribution in [2.45, 2.75) is 31.5 Å². The molecule has 0 spiro atoms. The number of nitrogens with two attached hydrogens (primary N) is 1. The summed E-state index contributed by atoms with van der Waals surface area (Å²) in [5.41, 5.74) is 6.54. The molecule has 7 nitrogen and oxygen atoms in total. The van der Waals surface area contributed by atoms with Gasteiger partial charge in [0.25, 0.3) is 0 Å². The van der Waals surface area contributed by atoms with Crippen molar-refractivity contribution < 1.29 is 13.2 Å². The number of aromatic nitrogens is 4. The molecule has 1 aliphatic heterocycles. The van der Waals surface area contributed by atoms with Crippen LogP contribution in [0.25, 0.3) is 0 Å². The number of alkyl halides is 3. The number of likely N-dealkylation sites (tertiary alicyclic amines) is 1. The first-order chi connectivity index (χ1) is 12.7. The Hall–Kier alpha value is -2.07. The average Bonchev–Trinajstić information content (AvgIpc) is 3.21. The SMILES string of the molecule is Cn1cc(N(C[C@H]2CCCN2CCC(F)(F)F)c2ncc(Cl)c(N)n2)cn1. The van der Waals surface area contributed by atoms with E-state index in [0.29, 0.717) is 19.0 Å². The molecule has 1 atom stereocenters. The normalized spacial score (nSPS) is 18.2. The van der Waals surface area contributed by atoms with Crippen LogP contribution in [0.3, 0.4) is 0 Å². The van der Waals surface area contributed by atoms with Gasteiger partial charge < -0.3 is 10.6 Å². The molecule has 27 heavy (non-hydrogen) atoms. The van der Waals surface area contributed by atoms with Gasteiger partial charge in [-0.15, -0.1) is 0 Å². The molecule has 1 aliphatic rings. The van der Waals surface area contributed by atoms with Gasteiger partial charge in [0.05, 0.1) is 24.5 Å². The van der Waals surface area contributed by atoms with Crippen molar-refractivity contribution in [2.24, 2.45) is 7.05 Å². The third kappa shape index (κ3) is 5.01. The van der Waals surface area contributed by atoms with E-state index in [1.165, 1.54) is 6.20 Å². The van der Waals surface area contributed by atoms with Crippen molar-refractivity contribution in [2.75, 3.05) is 30.3 Å². The van der Waals surface area contributed by atoms with Crippen molar-refractivity contribution in [3.05, 3.63) is 23.6 Å². The molecule has 0 radical (unpaired) electrons. The summed E-state index contributed by atoms with van der Waals surface area (Å²) in [5.74, 6) is 0.489.